The molecule has 0 atom stereocenters. The number of rotatable bonds is 2. The molecule has 0 radical (unpaired) electrons. The monoisotopic (exact) mass is 323 g/mol. The van der Waals surface area contributed by atoms with Crippen molar-refractivity contribution in [2.75, 3.05) is 18.6 Å². The van der Waals surface area contributed by atoms with E-state index in [-0.39, 0.29) is 0 Å². The van der Waals surface area contributed by atoms with Crippen molar-refractivity contribution in [1.29, 1.82) is 0 Å². The number of halogens is 1. The van der Waals surface area contributed by atoms with Crippen LogP contribution in [-0.2, 0) is 0 Å². The van der Waals surface area contributed by atoms with Gasteiger partial charge in [-0.15, -0.1) is 11.8 Å². The molecule has 0 bridgehead atoms. The van der Waals surface area contributed by atoms with Crippen LogP contribution in [0.3, 0.4) is 0 Å². The van der Waals surface area contributed by atoms with E-state index in [1.54, 1.807) is 11.8 Å². The Morgan fingerprint density at radius 3 is 2.00 bits per heavy atom. The van der Waals surface area contributed by atoms with Crippen molar-refractivity contribution in [3.8, 4) is 0 Å². The van der Waals surface area contributed by atoms with E-state index in [4.69, 9.17) is 11.6 Å². The van der Waals surface area contributed by atoms with Crippen LogP contribution in [0.5, 0.6) is 0 Å². The predicted molar refractivity (Wildman–Crippen MR) is 100 cm³/mol. The summed E-state index contributed by atoms with van der Waals surface area (Å²) < 4.78 is 0. The first-order chi connectivity index (χ1) is 10.1. The molecule has 0 saturated carbocycles. The molecule has 0 spiro atoms. The van der Waals surface area contributed by atoms with Crippen LogP contribution in [0.15, 0.2) is 47.4 Å². The van der Waals surface area contributed by atoms with E-state index < -0.39 is 0 Å². The quantitative estimate of drug-likeness (QED) is 0.639. The second-order valence-corrected chi connectivity index (χ2v) is 5.47. The highest BCUT2D eigenvalue weighted by Gasteiger charge is 1.92. The summed E-state index contributed by atoms with van der Waals surface area (Å²) in [6.45, 7) is 8.29. The Morgan fingerprint density at radius 1 is 0.952 bits per heavy atom. The standard InChI is InChI=1S/C9H12S.C7H8ClN.C2H6/c1-7-4-5-9(10-3)6-8(7)2;1-9-7-5-3-2-4-6(7)8;1-2/h4-6H,1-3H3;2-5,9H,1H3;1-2H3. The van der Waals surface area contributed by atoms with Crippen molar-refractivity contribution in [3.63, 3.8) is 0 Å². The molecular formula is C18H26ClNS. The van der Waals surface area contributed by atoms with E-state index in [2.05, 4.69) is 43.6 Å². The van der Waals surface area contributed by atoms with Crippen molar-refractivity contribution in [2.24, 2.45) is 0 Å². The summed E-state index contributed by atoms with van der Waals surface area (Å²) in [4.78, 5) is 1.35. The largest absolute Gasteiger partial charge is 0.387 e. The van der Waals surface area contributed by atoms with E-state index in [0.717, 1.165) is 10.7 Å². The van der Waals surface area contributed by atoms with Gasteiger partial charge in [0, 0.05) is 11.9 Å². The van der Waals surface area contributed by atoms with Gasteiger partial charge in [-0.25, -0.2) is 0 Å². The van der Waals surface area contributed by atoms with Gasteiger partial charge in [0.1, 0.15) is 0 Å². The molecule has 0 heterocycles. The fraction of sp³-hybridized carbons (Fsp3) is 0.333. The maximum Gasteiger partial charge on any atom is 0.0637 e. The van der Waals surface area contributed by atoms with E-state index in [1.165, 1.54) is 16.0 Å². The highest BCUT2D eigenvalue weighted by Crippen LogP contribution is 2.19. The SMILES string of the molecule is CC.CNc1ccccc1Cl.CSc1ccc(C)c(C)c1. The van der Waals surface area contributed by atoms with Gasteiger partial charge < -0.3 is 5.32 Å². The van der Waals surface area contributed by atoms with E-state index >= 15 is 0 Å². The van der Waals surface area contributed by atoms with Gasteiger partial charge in [-0.3, -0.25) is 0 Å². The number of thioether (sulfide) groups is 1. The first-order valence-electron chi connectivity index (χ1n) is 7.12. The van der Waals surface area contributed by atoms with Crippen molar-refractivity contribution in [3.05, 3.63) is 58.6 Å². The smallest absolute Gasteiger partial charge is 0.0637 e. The number of hydrogen-bond acceptors (Lipinski definition) is 2. The lowest BCUT2D eigenvalue weighted by molar-refractivity contribution is 1.28. The highest BCUT2D eigenvalue weighted by molar-refractivity contribution is 7.98. The van der Waals surface area contributed by atoms with Crippen molar-refractivity contribution >= 4 is 29.1 Å². The van der Waals surface area contributed by atoms with Crippen LogP contribution >= 0.6 is 23.4 Å². The third-order valence-electron chi connectivity index (χ3n) is 2.86. The topological polar surface area (TPSA) is 12.0 Å². The Hall–Kier alpha value is -1.12. The third kappa shape index (κ3) is 7.45. The fourth-order valence-corrected chi connectivity index (χ4v) is 2.23. The molecule has 2 rings (SSSR count). The number of hydrogen-bond donors (Lipinski definition) is 1. The first-order valence-corrected chi connectivity index (χ1v) is 8.72. The van der Waals surface area contributed by atoms with Gasteiger partial charge in [0.15, 0.2) is 0 Å². The second kappa shape index (κ2) is 11.5. The van der Waals surface area contributed by atoms with Crippen LogP contribution in [0.2, 0.25) is 5.02 Å². The van der Waals surface area contributed by atoms with Gasteiger partial charge in [-0.05, 0) is 55.5 Å². The lowest BCUT2D eigenvalue weighted by atomic mass is 10.1. The normalized spacial score (nSPS) is 8.90. The molecule has 0 unspecified atom stereocenters. The van der Waals surface area contributed by atoms with E-state index in [1.807, 2.05) is 45.2 Å². The summed E-state index contributed by atoms with van der Waals surface area (Å²) in [6.07, 6.45) is 2.10. The zero-order chi connectivity index (χ0) is 16.3. The second-order valence-electron chi connectivity index (χ2n) is 4.18. The van der Waals surface area contributed by atoms with Crippen molar-refractivity contribution < 1.29 is 0 Å². The Bertz CT molecular complexity index is 526. The van der Waals surface area contributed by atoms with Gasteiger partial charge in [0.05, 0.1) is 10.7 Å². The molecular weight excluding hydrogens is 298 g/mol. The molecule has 0 fully saturated rings. The minimum absolute atomic E-state index is 0.764. The summed E-state index contributed by atoms with van der Waals surface area (Å²) in [7, 11) is 1.85. The average Bonchev–Trinajstić information content (AvgIpc) is 2.53. The van der Waals surface area contributed by atoms with E-state index in [0.29, 0.717) is 0 Å². The van der Waals surface area contributed by atoms with Gasteiger partial charge in [0.25, 0.3) is 0 Å². The van der Waals surface area contributed by atoms with E-state index in [9.17, 15) is 0 Å². The highest BCUT2D eigenvalue weighted by atomic mass is 35.5. The zero-order valence-corrected chi connectivity index (χ0v) is 15.4. The van der Waals surface area contributed by atoms with Gasteiger partial charge in [0.2, 0.25) is 0 Å². The summed E-state index contributed by atoms with van der Waals surface area (Å²) in [5.74, 6) is 0. The molecule has 0 aliphatic heterocycles. The number of anilines is 1. The Kier molecular flexibility index (Phi) is 10.9. The number of aryl methyl sites for hydroxylation is 2. The molecule has 21 heavy (non-hydrogen) atoms. The summed E-state index contributed by atoms with van der Waals surface area (Å²) in [5, 5.41) is 3.73. The lowest BCUT2D eigenvalue weighted by Gasteiger charge is -2.00. The van der Waals surface area contributed by atoms with Crippen LogP contribution in [0, 0.1) is 13.8 Å². The molecule has 0 aromatic heterocycles. The average molecular weight is 324 g/mol. The summed E-state index contributed by atoms with van der Waals surface area (Å²) >= 11 is 7.55. The van der Waals surface area contributed by atoms with Crippen molar-refractivity contribution in [2.45, 2.75) is 32.6 Å². The Balaban J connectivity index is 0.000000342. The molecule has 2 aromatic rings. The maximum absolute atomic E-state index is 5.76. The number of benzene rings is 2. The summed E-state index contributed by atoms with van der Waals surface area (Å²) in [5.41, 5.74) is 3.73. The van der Waals surface area contributed by atoms with Crippen LogP contribution in [-0.4, -0.2) is 13.3 Å². The Labute approximate surface area is 139 Å². The molecule has 3 heteroatoms. The van der Waals surface area contributed by atoms with Gasteiger partial charge >= 0.3 is 0 Å². The lowest BCUT2D eigenvalue weighted by Crippen LogP contribution is -1.86. The minimum atomic E-state index is 0.764. The first kappa shape index (κ1) is 19.9. The number of para-hydroxylation sites is 1. The molecule has 0 saturated heterocycles. The number of nitrogens with one attached hydrogen (secondary N) is 1. The zero-order valence-electron chi connectivity index (χ0n) is 13.8. The minimum Gasteiger partial charge on any atom is -0.387 e. The fourth-order valence-electron chi connectivity index (χ4n) is 1.50. The van der Waals surface area contributed by atoms with Crippen LogP contribution < -0.4 is 5.32 Å². The molecule has 0 amide bonds. The molecule has 116 valence electrons. The summed E-state index contributed by atoms with van der Waals surface area (Å²) in [6, 6.07) is 14.2. The van der Waals surface area contributed by atoms with Crippen LogP contribution in [0.1, 0.15) is 25.0 Å². The van der Waals surface area contributed by atoms with Crippen LogP contribution in [0.25, 0.3) is 0 Å². The maximum atomic E-state index is 5.76. The Morgan fingerprint density at radius 2 is 1.57 bits per heavy atom. The molecule has 1 nitrogen and oxygen atoms in total. The van der Waals surface area contributed by atoms with Gasteiger partial charge in [-0.1, -0.05) is 43.6 Å². The van der Waals surface area contributed by atoms with Crippen LogP contribution in [0.4, 0.5) is 5.69 Å². The van der Waals surface area contributed by atoms with Gasteiger partial charge in [-0.2, -0.15) is 0 Å². The van der Waals surface area contributed by atoms with Crippen molar-refractivity contribution in [1.82, 2.24) is 0 Å². The molecule has 2 aromatic carbocycles. The predicted octanol–water partition coefficient (Wildman–Crippen LogP) is 6.43. The molecule has 0 aliphatic rings. The third-order valence-corrected chi connectivity index (χ3v) is 3.91. The molecule has 1 N–H and O–H groups in total. The molecule has 0 aliphatic carbocycles.